The van der Waals surface area contributed by atoms with E-state index >= 15 is 0 Å². The fraction of sp³-hybridized carbons (Fsp3) is 0.250. The van der Waals surface area contributed by atoms with Gasteiger partial charge in [0.05, 0.1) is 0 Å². The highest BCUT2D eigenvalue weighted by atomic mass is 19.1. The third-order valence-corrected chi connectivity index (χ3v) is 3.31. The fourth-order valence-electron chi connectivity index (χ4n) is 2.17. The van der Waals surface area contributed by atoms with Gasteiger partial charge in [0.15, 0.2) is 0 Å². The zero-order chi connectivity index (χ0) is 14.5. The van der Waals surface area contributed by atoms with E-state index < -0.39 is 11.6 Å². The van der Waals surface area contributed by atoms with Crippen LogP contribution in [0.2, 0.25) is 0 Å². The van der Waals surface area contributed by atoms with Crippen molar-refractivity contribution in [2.75, 3.05) is 7.05 Å². The summed E-state index contributed by atoms with van der Waals surface area (Å²) in [5.74, 6) is -1.20. The first kappa shape index (κ1) is 14.6. The molecule has 0 aromatic heterocycles. The molecule has 0 radical (unpaired) electrons. The molecule has 0 heterocycles. The molecular formula is C16H16F3N. The van der Waals surface area contributed by atoms with Crippen LogP contribution >= 0.6 is 0 Å². The Balaban J connectivity index is 2.13. The van der Waals surface area contributed by atoms with Gasteiger partial charge in [0.1, 0.15) is 17.5 Å². The number of halogens is 3. The molecule has 4 heteroatoms. The van der Waals surface area contributed by atoms with Gasteiger partial charge in [-0.1, -0.05) is 18.2 Å². The number of rotatable bonds is 5. The molecule has 20 heavy (non-hydrogen) atoms. The lowest BCUT2D eigenvalue weighted by molar-refractivity contribution is 0.512. The quantitative estimate of drug-likeness (QED) is 0.883. The monoisotopic (exact) mass is 279 g/mol. The van der Waals surface area contributed by atoms with Gasteiger partial charge in [0.2, 0.25) is 0 Å². The van der Waals surface area contributed by atoms with E-state index in [1.54, 1.807) is 25.2 Å². The van der Waals surface area contributed by atoms with E-state index in [1.165, 1.54) is 12.1 Å². The standard InChI is InChI=1S/C16H16F3N/c1-20-14(9-11-4-2-3-5-15(11)18)10-12-8-13(17)6-7-16(12)19/h2-8,14,20H,9-10H2,1H3. The zero-order valence-corrected chi connectivity index (χ0v) is 11.2. The van der Waals surface area contributed by atoms with Gasteiger partial charge in [-0.05, 0) is 55.3 Å². The molecule has 1 unspecified atom stereocenters. The lowest BCUT2D eigenvalue weighted by atomic mass is 9.98. The summed E-state index contributed by atoms with van der Waals surface area (Å²) in [6.45, 7) is 0. The van der Waals surface area contributed by atoms with Crippen LogP contribution in [0.15, 0.2) is 42.5 Å². The van der Waals surface area contributed by atoms with Crippen molar-refractivity contribution in [3.63, 3.8) is 0 Å². The van der Waals surface area contributed by atoms with Crippen LogP contribution in [0.25, 0.3) is 0 Å². The summed E-state index contributed by atoms with van der Waals surface area (Å²) >= 11 is 0. The second kappa shape index (κ2) is 6.57. The van der Waals surface area contributed by atoms with Crippen LogP contribution in [0.5, 0.6) is 0 Å². The molecule has 106 valence electrons. The van der Waals surface area contributed by atoms with Gasteiger partial charge in [-0.25, -0.2) is 13.2 Å². The van der Waals surface area contributed by atoms with Crippen molar-refractivity contribution in [3.05, 3.63) is 71.0 Å². The first-order valence-electron chi connectivity index (χ1n) is 6.44. The molecule has 0 aliphatic rings. The second-order valence-corrected chi connectivity index (χ2v) is 4.72. The molecule has 1 N–H and O–H groups in total. The fourth-order valence-corrected chi connectivity index (χ4v) is 2.17. The van der Waals surface area contributed by atoms with Crippen LogP contribution in [0.4, 0.5) is 13.2 Å². The summed E-state index contributed by atoms with van der Waals surface area (Å²) in [7, 11) is 1.72. The highest BCUT2D eigenvalue weighted by Gasteiger charge is 2.14. The molecule has 0 spiro atoms. The third-order valence-electron chi connectivity index (χ3n) is 3.31. The van der Waals surface area contributed by atoms with E-state index in [0.717, 1.165) is 12.1 Å². The molecule has 1 atom stereocenters. The van der Waals surface area contributed by atoms with Gasteiger partial charge >= 0.3 is 0 Å². The van der Waals surface area contributed by atoms with Crippen molar-refractivity contribution in [2.24, 2.45) is 0 Å². The van der Waals surface area contributed by atoms with Crippen LogP contribution < -0.4 is 5.32 Å². The van der Waals surface area contributed by atoms with Crippen molar-refractivity contribution in [1.82, 2.24) is 5.32 Å². The average Bonchev–Trinajstić information content (AvgIpc) is 2.44. The summed E-state index contributed by atoms with van der Waals surface area (Å²) in [5, 5.41) is 3.02. The molecule has 1 nitrogen and oxygen atoms in total. The van der Waals surface area contributed by atoms with Gasteiger partial charge in [-0.2, -0.15) is 0 Å². The molecule has 0 amide bonds. The molecule has 0 saturated heterocycles. The normalized spacial score (nSPS) is 12.4. The van der Waals surface area contributed by atoms with Crippen LogP contribution in [-0.4, -0.2) is 13.1 Å². The summed E-state index contributed by atoms with van der Waals surface area (Å²) in [4.78, 5) is 0. The lowest BCUT2D eigenvalue weighted by Crippen LogP contribution is -2.30. The maximum atomic E-state index is 13.6. The van der Waals surface area contributed by atoms with Gasteiger partial charge in [-0.15, -0.1) is 0 Å². The Hall–Kier alpha value is -1.81. The number of hydrogen-bond donors (Lipinski definition) is 1. The Bertz CT molecular complexity index is 584. The predicted molar refractivity (Wildman–Crippen MR) is 73.0 cm³/mol. The van der Waals surface area contributed by atoms with E-state index in [4.69, 9.17) is 0 Å². The minimum Gasteiger partial charge on any atom is -0.316 e. The minimum absolute atomic E-state index is 0.164. The summed E-state index contributed by atoms with van der Waals surface area (Å²) in [5.41, 5.74) is 0.851. The van der Waals surface area contributed by atoms with E-state index in [1.807, 2.05) is 0 Å². The number of likely N-dealkylation sites (N-methyl/N-ethyl adjacent to an activating group) is 1. The Labute approximate surface area is 116 Å². The van der Waals surface area contributed by atoms with Crippen LogP contribution in [0.1, 0.15) is 11.1 Å². The minimum atomic E-state index is -0.470. The molecule has 0 fully saturated rings. The van der Waals surface area contributed by atoms with Gasteiger partial charge < -0.3 is 5.32 Å². The number of hydrogen-bond acceptors (Lipinski definition) is 1. The third kappa shape index (κ3) is 3.61. The Kier molecular flexibility index (Phi) is 4.79. The van der Waals surface area contributed by atoms with E-state index in [-0.39, 0.29) is 11.9 Å². The second-order valence-electron chi connectivity index (χ2n) is 4.72. The van der Waals surface area contributed by atoms with Crippen molar-refractivity contribution < 1.29 is 13.2 Å². The maximum Gasteiger partial charge on any atom is 0.126 e. The molecule has 0 bridgehead atoms. The Morgan fingerprint density at radius 1 is 0.900 bits per heavy atom. The lowest BCUT2D eigenvalue weighted by Gasteiger charge is -2.17. The topological polar surface area (TPSA) is 12.0 Å². The van der Waals surface area contributed by atoms with E-state index in [9.17, 15) is 13.2 Å². The van der Waals surface area contributed by atoms with Gasteiger partial charge in [0, 0.05) is 6.04 Å². The van der Waals surface area contributed by atoms with Crippen LogP contribution in [0, 0.1) is 17.5 Å². The van der Waals surface area contributed by atoms with E-state index in [0.29, 0.717) is 24.0 Å². The first-order chi connectivity index (χ1) is 9.60. The molecule has 0 saturated carbocycles. The van der Waals surface area contributed by atoms with Gasteiger partial charge in [-0.3, -0.25) is 0 Å². The summed E-state index contributed by atoms with van der Waals surface area (Å²) in [6, 6.07) is 9.69. The van der Waals surface area contributed by atoms with Gasteiger partial charge in [0.25, 0.3) is 0 Å². The number of benzene rings is 2. The molecule has 0 aliphatic heterocycles. The highest BCUT2D eigenvalue weighted by Crippen LogP contribution is 2.15. The van der Waals surface area contributed by atoms with Crippen molar-refractivity contribution >= 4 is 0 Å². The average molecular weight is 279 g/mol. The van der Waals surface area contributed by atoms with Crippen molar-refractivity contribution in [1.29, 1.82) is 0 Å². The summed E-state index contributed by atoms with van der Waals surface area (Å²) in [6.07, 6.45) is 0.716. The maximum absolute atomic E-state index is 13.6. The van der Waals surface area contributed by atoms with Crippen molar-refractivity contribution in [3.8, 4) is 0 Å². The predicted octanol–water partition coefficient (Wildman–Crippen LogP) is 3.48. The smallest absolute Gasteiger partial charge is 0.126 e. The molecule has 2 rings (SSSR count). The van der Waals surface area contributed by atoms with E-state index in [2.05, 4.69) is 5.32 Å². The highest BCUT2D eigenvalue weighted by molar-refractivity contribution is 5.22. The largest absolute Gasteiger partial charge is 0.316 e. The first-order valence-corrected chi connectivity index (χ1v) is 6.44. The molecule has 2 aromatic carbocycles. The molecule has 0 aliphatic carbocycles. The zero-order valence-electron chi connectivity index (χ0n) is 11.2. The number of nitrogens with one attached hydrogen (secondary N) is 1. The Morgan fingerprint density at radius 3 is 2.25 bits per heavy atom. The summed E-state index contributed by atoms with van der Waals surface area (Å²) < 4.78 is 40.4. The molecule has 2 aromatic rings. The van der Waals surface area contributed by atoms with Crippen LogP contribution in [-0.2, 0) is 12.8 Å². The SMILES string of the molecule is CNC(Cc1ccccc1F)Cc1cc(F)ccc1F. The molecular weight excluding hydrogens is 263 g/mol. The Morgan fingerprint density at radius 2 is 1.55 bits per heavy atom. The van der Waals surface area contributed by atoms with Crippen molar-refractivity contribution in [2.45, 2.75) is 18.9 Å². The van der Waals surface area contributed by atoms with Crippen LogP contribution in [0.3, 0.4) is 0 Å².